The van der Waals surface area contributed by atoms with Crippen molar-refractivity contribution in [2.75, 3.05) is 38.2 Å². The van der Waals surface area contributed by atoms with Gasteiger partial charge in [0.1, 0.15) is 0 Å². The fraction of sp³-hybridized carbons (Fsp3) is 1.00. The quantitative estimate of drug-likeness (QED) is 0.560. The van der Waals surface area contributed by atoms with Crippen molar-refractivity contribution in [3.05, 3.63) is 0 Å². The molecule has 0 amide bonds. The molecular formula is C7H16N2S. The largest absolute Gasteiger partial charge is 0.316 e. The van der Waals surface area contributed by atoms with Crippen LogP contribution >= 0.6 is 11.8 Å². The molecule has 1 aliphatic heterocycles. The highest BCUT2D eigenvalue weighted by molar-refractivity contribution is 7.98. The second kappa shape index (κ2) is 4.99. The Balaban J connectivity index is 1.76. The minimum absolute atomic E-state index is 0.904. The summed E-state index contributed by atoms with van der Waals surface area (Å²) in [5.41, 5.74) is 0. The van der Waals surface area contributed by atoms with E-state index in [0.29, 0.717) is 0 Å². The van der Waals surface area contributed by atoms with Crippen molar-refractivity contribution in [3.63, 3.8) is 0 Å². The monoisotopic (exact) mass is 160 g/mol. The van der Waals surface area contributed by atoms with Crippen LogP contribution in [0.4, 0.5) is 0 Å². The molecule has 10 heavy (non-hydrogen) atoms. The Labute approximate surface area is 67.1 Å². The van der Waals surface area contributed by atoms with Crippen LogP contribution in [-0.4, -0.2) is 38.2 Å². The van der Waals surface area contributed by atoms with Crippen molar-refractivity contribution in [2.24, 2.45) is 5.92 Å². The van der Waals surface area contributed by atoms with Crippen LogP contribution in [0.3, 0.4) is 0 Å². The summed E-state index contributed by atoms with van der Waals surface area (Å²) in [6.45, 7) is 4.80. The first kappa shape index (κ1) is 8.37. The van der Waals surface area contributed by atoms with Crippen molar-refractivity contribution in [1.29, 1.82) is 0 Å². The maximum Gasteiger partial charge on any atom is 0.00553 e. The molecular weight excluding hydrogens is 144 g/mol. The highest BCUT2D eigenvalue weighted by atomic mass is 32.2. The smallest absolute Gasteiger partial charge is 0.00553 e. The summed E-state index contributed by atoms with van der Waals surface area (Å²) < 4.78 is 0. The van der Waals surface area contributed by atoms with Crippen LogP contribution in [0.2, 0.25) is 0 Å². The second-order valence-electron chi connectivity index (χ2n) is 2.72. The van der Waals surface area contributed by atoms with E-state index in [-0.39, 0.29) is 0 Å². The van der Waals surface area contributed by atoms with E-state index in [1.54, 1.807) is 0 Å². The third-order valence-electron chi connectivity index (χ3n) is 1.78. The maximum absolute atomic E-state index is 3.43. The molecule has 1 saturated heterocycles. The van der Waals surface area contributed by atoms with Gasteiger partial charge in [0.05, 0.1) is 0 Å². The number of thioether (sulfide) groups is 1. The molecule has 1 aliphatic rings. The molecule has 2 nitrogen and oxygen atoms in total. The molecule has 1 rings (SSSR count). The fourth-order valence-electron chi connectivity index (χ4n) is 0.973. The van der Waals surface area contributed by atoms with Gasteiger partial charge in [-0.3, -0.25) is 0 Å². The number of hydrogen-bond donors (Lipinski definition) is 2. The molecule has 0 atom stereocenters. The summed E-state index contributed by atoms with van der Waals surface area (Å²) >= 11 is 1.90. The lowest BCUT2D eigenvalue weighted by Crippen LogP contribution is -2.47. The van der Waals surface area contributed by atoms with Gasteiger partial charge in [0.2, 0.25) is 0 Å². The minimum atomic E-state index is 0.904. The van der Waals surface area contributed by atoms with Crippen molar-refractivity contribution in [3.8, 4) is 0 Å². The Kier molecular flexibility index (Phi) is 4.18. The Hall–Kier alpha value is 0.270. The first-order valence-corrected chi connectivity index (χ1v) is 5.23. The molecule has 1 heterocycles. The fourth-order valence-corrected chi connectivity index (χ4v) is 1.32. The maximum atomic E-state index is 3.43. The van der Waals surface area contributed by atoms with Crippen LogP contribution in [0.25, 0.3) is 0 Å². The van der Waals surface area contributed by atoms with E-state index in [1.807, 2.05) is 11.8 Å². The number of hydrogen-bond acceptors (Lipinski definition) is 3. The predicted molar refractivity (Wildman–Crippen MR) is 47.6 cm³/mol. The van der Waals surface area contributed by atoms with Crippen LogP contribution in [0, 0.1) is 5.92 Å². The first-order valence-electron chi connectivity index (χ1n) is 3.84. The lowest BCUT2D eigenvalue weighted by atomic mass is 10.0. The third kappa shape index (κ3) is 2.90. The average Bonchev–Trinajstić information content (AvgIpc) is 1.84. The summed E-state index contributed by atoms with van der Waals surface area (Å²) in [6, 6.07) is 0. The van der Waals surface area contributed by atoms with Gasteiger partial charge in [-0.05, 0) is 12.2 Å². The zero-order valence-electron chi connectivity index (χ0n) is 6.52. The molecule has 3 heteroatoms. The van der Waals surface area contributed by atoms with Gasteiger partial charge in [0, 0.05) is 31.9 Å². The molecule has 0 radical (unpaired) electrons. The Bertz CT molecular complexity index is 83.7. The van der Waals surface area contributed by atoms with Crippen LogP contribution in [0.1, 0.15) is 0 Å². The SMILES string of the molecule is CSCCNCC1CNC1. The summed E-state index contributed by atoms with van der Waals surface area (Å²) in [6.07, 6.45) is 2.15. The number of rotatable bonds is 5. The van der Waals surface area contributed by atoms with Crippen LogP contribution in [0.15, 0.2) is 0 Å². The third-order valence-corrected chi connectivity index (χ3v) is 2.39. The van der Waals surface area contributed by atoms with E-state index in [1.165, 1.54) is 25.4 Å². The van der Waals surface area contributed by atoms with Gasteiger partial charge < -0.3 is 10.6 Å². The van der Waals surface area contributed by atoms with Crippen LogP contribution in [0.5, 0.6) is 0 Å². The zero-order valence-corrected chi connectivity index (χ0v) is 7.34. The molecule has 0 aromatic rings. The summed E-state index contributed by atoms with van der Waals surface area (Å²) in [5, 5.41) is 6.68. The van der Waals surface area contributed by atoms with Crippen molar-refractivity contribution in [2.45, 2.75) is 0 Å². The van der Waals surface area contributed by atoms with Crippen LogP contribution < -0.4 is 10.6 Å². The average molecular weight is 160 g/mol. The van der Waals surface area contributed by atoms with Gasteiger partial charge in [0.15, 0.2) is 0 Å². The van der Waals surface area contributed by atoms with Gasteiger partial charge in [-0.1, -0.05) is 0 Å². The van der Waals surface area contributed by atoms with Gasteiger partial charge in [0.25, 0.3) is 0 Å². The van der Waals surface area contributed by atoms with Crippen LogP contribution in [-0.2, 0) is 0 Å². The van der Waals surface area contributed by atoms with Crippen molar-refractivity contribution in [1.82, 2.24) is 10.6 Å². The van der Waals surface area contributed by atoms with E-state index >= 15 is 0 Å². The van der Waals surface area contributed by atoms with E-state index in [0.717, 1.165) is 12.5 Å². The molecule has 1 fully saturated rings. The zero-order chi connectivity index (χ0) is 7.23. The molecule has 2 N–H and O–H groups in total. The lowest BCUT2D eigenvalue weighted by Gasteiger charge is -2.27. The molecule has 0 spiro atoms. The Morgan fingerprint density at radius 3 is 2.90 bits per heavy atom. The molecule has 0 saturated carbocycles. The molecule has 0 bridgehead atoms. The molecule has 0 aromatic heterocycles. The molecule has 0 aromatic carbocycles. The first-order chi connectivity index (χ1) is 4.93. The molecule has 0 unspecified atom stereocenters. The predicted octanol–water partition coefficient (Wildman–Crippen LogP) is 0.158. The minimum Gasteiger partial charge on any atom is -0.316 e. The van der Waals surface area contributed by atoms with Gasteiger partial charge >= 0.3 is 0 Å². The Morgan fingerprint density at radius 2 is 2.40 bits per heavy atom. The summed E-state index contributed by atoms with van der Waals surface area (Å²) in [4.78, 5) is 0. The standard InChI is InChI=1S/C7H16N2S/c1-10-3-2-8-4-7-5-9-6-7/h7-9H,2-6H2,1H3. The normalized spacial score (nSPS) is 18.9. The van der Waals surface area contributed by atoms with Gasteiger partial charge in [-0.15, -0.1) is 0 Å². The molecule has 60 valence electrons. The van der Waals surface area contributed by atoms with Crippen molar-refractivity contribution >= 4 is 11.8 Å². The molecule has 0 aliphatic carbocycles. The van der Waals surface area contributed by atoms with Gasteiger partial charge in [-0.25, -0.2) is 0 Å². The van der Waals surface area contributed by atoms with E-state index in [9.17, 15) is 0 Å². The Morgan fingerprint density at radius 1 is 1.60 bits per heavy atom. The van der Waals surface area contributed by atoms with E-state index in [2.05, 4.69) is 16.9 Å². The summed E-state index contributed by atoms with van der Waals surface area (Å²) in [5.74, 6) is 2.14. The highest BCUT2D eigenvalue weighted by Gasteiger charge is 2.14. The second-order valence-corrected chi connectivity index (χ2v) is 3.71. The summed E-state index contributed by atoms with van der Waals surface area (Å²) in [7, 11) is 0. The van der Waals surface area contributed by atoms with Gasteiger partial charge in [-0.2, -0.15) is 11.8 Å². The van der Waals surface area contributed by atoms with Crippen molar-refractivity contribution < 1.29 is 0 Å². The highest BCUT2D eigenvalue weighted by Crippen LogP contribution is 1.99. The number of nitrogens with one attached hydrogen (secondary N) is 2. The topological polar surface area (TPSA) is 24.1 Å². The van der Waals surface area contributed by atoms with E-state index in [4.69, 9.17) is 0 Å². The lowest BCUT2D eigenvalue weighted by molar-refractivity contribution is 0.335. The van der Waals surface area contributed by atoms with E-state index < -0.39 is 0 Å².